The zero-order valence-corrected chi connectivity index (χ0v) is 8.87. The van der Waals surface area contributed by atoms with Crippen LogP contribution in [0.4, 0.5) is 0 Å². The normalized spacial score (nSPS) is 35.8. The van der Waals surface area contributed by atoms with E-state index in [1.165, 1.54) is 25.7 Å². The van der Waals surface area contributed by atoms with Crippen LogP contribution in [0.25, 0.3) is 0 Å². The summed E-state index contributed by atoms with van der Waals surface area (Å²) in [5.74, 6) is 0. The smallest absolute Gasteiger partial charge is 0.0603 e. The number of nitrogens with one attached hydrogen (secondary N) is 1. The standard InChI is InChI=1S/C11H22N2O/c12-9-1-3-10(4-2-9)14-11-5-7-13-8-6-11/h9-11,13H,1-8,12H2. The monoisotopic (exact) mass is 198 g/mol. The maximum atomic E-state index is 6.09. The van der Waals surface area contributed by atoms with Crippen LogP contribution in [0.1, 0.15) is 38.5 Å². The van der Waals surface area contributed by atoms with E-state index in [0.717, 1.165) is 25.9 Å². The second-order valence-electron chi connectivity index (χ2n) is 4.62. The molecule has 0 bridgehead atoms. The molecular weight excluding hydrogens is 176 g/mol. The second kappa shape index (κ2) is 5.10. The molecule has 3 N–H and O–H groups in total. The highest BCUT2D eigenvalue weighted by Crippen LogP contribution is 2.23. The topological polar surface area (TPSA) is 47.3 Å². The summed E-state index contributed by atoms with van der Waals surface area (Å²) in [6, 6.07) is 0.433. The van der Waals surface area contributed by atoms with Gasteiger partial charge >= 0.3 is 0 Å². The molecule has 2 aliphatic rings. The highest BCUT2D eigenvalue weighted by molar-refractivity contribution is 4.77. The molecule has 1 aliphatic carbocycles. The van der Waals surface area contributed by atoms with Crippen LogP contribution >= 0.6 is 0 Å². The van der Waals surface area contributed by atoms with Crippen LogP contribution in [0.15, 0.2) is 0 Å². The molecule has 1 aliphatic heterocycles. The van der Waals surface area contributed by atoms with Gasteiger partial charge in [0.2, 0.25) is 0 Å². The fraction of sp³-hybridized carbons (Fsp3) is 1.00. The number of piperidine rings is 1. The fourth-order valence-electron chi connectivity index (χ4n) is 2.43. The van der Waals surface area contributed by atoms with Crippen LogP contribution in [-0.2, 0) is 4.74 Å². The molecule has 1 saturated carbocycles. The average Bonchev–Trinajstić information content (AvgIpc) is 2.23. The molecule has 0 amide bonds. The zero-order valence-electron chi connectivity index (χ0n) is 8.87. The molecule has 2 rings (SSSR count). The van der Waals surface area contributed by atoms with E-state index >= 15 is 0 Å². The second-order valence-corrected chi connectivity index (χ2v) is 4.62. The van der Waals surface area contributed by atoms with Crippen molar-refractivity contribution in [3.8, 4) is 0 Å². The van der Waals surface area contributed by atoms with Crippen LogP contribution in [0.5, 0.6) is 0 Å². The van der Waals surface area contributed by atoms with E-state index in [2.05, 4.69) is 5.32 Å². The van der Waals surface area contributed by atoms with Crippen LogP contribution in [0, 0.1) is 0 Å². The molecule has 0 aromatic rings. The molecule has 0 unspecified atom stereocenters. The Hall–Kier alpha value is -0.120. The predicted molar refractivity (Wildman–Crippen MR) is 57.2 cm³/mol. The molecule has 0 spiro atoms. The van der Waals surface area contributed by atoms with E-state index in [1.807, 2.05) is 0 Å². The van der Waals surface area contributed by atoms with Gasteiger partial charge in [-0.25, -0.2) is 0 Å². The van der Waals surface area contributed by atoms with Gasteiger partial charge in [-0.05, 0) is 51.6 Å². The summed E-state index contributed by atoms with van der Waals surface area (Å²) >= 11 is 0. The first kappa shape index (κ1) is 10.4. The zero-order chi connectivity index (χ0) is 9.80. The van der Waals surface area contributed by atoms with E-state index in [1.54, 1.807) is 0 Å². The lowest BCUT2D eigenvalue weighted by Crippen LogP contribution is -2.37. The van der Waals surface area contributed by atoms with E-state index in [9.17, 15) is 0 Å². The van der Waals surface area contributed by atoms with Crippen molar-refractivity contribution in [3.63, 3.8) is 0 Å². The van der Waals surface area contributed by atoms with Crippen molar-refractivity contribution in [2.75, 3.05) is 13.1 Å². The fourth-order valence-corrected chi connectivity index (χ4v) is 2.43. The van der Waals surface area contributed by atoms with Crippen molar-refractivity contribution in [2.24, 2.45) is 5.73 Å². The lowest BCUT2D eigenvalue weighted by Gasteiger charge is -2.31. The minimum Gasteiger partial charge on any atom is -0.375 e. The van der Waals surface area contributed by atoms with Crippen molar-refractivity contribution in [3.05, 3.63) is 0 Å². The Morgan fingerprint density at radius 1 is 0.857 bits per heavy atom. The van der Waals surface area contributed by atoms with Crippen LogP contribution in [-0.4, -0.2) is 31.3 Å². The van der Waals surface area contributed by atoms with Crippen LogP contribution in [0.2, 0.25) is 0 Å². The van der Waals surface area contributed by atoms with Crippen molar-refractivity contribution in [1.29, 1.82) is 0 Å². The summed E-state index contributed by atoms with van der Waals surface area (Å²) in [6.45, 7) is 2.24. The SMILES string of the molecule is NC1CCC(OC2CCNCC2)CC1. The summed E-state index contributed by atoms with van der Waals surface area (Å²) < 4.78 is 6.09. The van der Waals surface area contributed by atoms with Crippen LogP contribution < -0.4 is 11.1 Å². The number of nitrogens with two attached hydrogens (primary N) is 1. The Kier molecular flexibility index (Phi) is 3.79. The lowest BCUT2D eigenvalue weighted by molar-refractivity contribution is -0.0438. The maximum absolute atomic E-state index is 6.09. The van der Waals surface area contributed by atoms with Gasteiger partial charge in [0.1, 0.15) is 0 Å². The summed E-state index contributed by atoms with van der Waals surface area (Å²) in [5, 5.41) is 3.36. The Morgan fingerprint density at radius 3 is 2.07 bits per heavy atom. The third-order valence-corrected chi connectivity index (χ3v) is 3.39. The Labute approximate surface area is 86.4 Å². The summed E-state index contributed by atoms with van der Waals surface area (Å²) in [7, 11) is 0. The van der Waals surface area contributed by atoms with Gasteiger partial charge in [0.25, 0.3) is 0 Å². The predicted octanol–water partition coefficient (Wildman–Crippen LogP) is 1.02. The molecule has 1 saturated heterocycles. The van der Waals surface area contributed by atoms with E-state index < -0.39 is 0 Å². The van der Waals surface area contributed by atoms with Crippen molar-refractivity contribution in [1.82, 2.24) is 5.32 Å². The highest BCUT2D eigenvalue weighted by atomic mass is 16.5. The van der Waals surface area contributed by atoms with Gasteiger partial charge in [0.15, 0.2) is 0 Å². The first-order valence-electron chi connectivity index (χ1n) is 5.96. The first-order valence-corrected chi connectivity index (χ1v) is 5.96. The molecule has 0 atom stereocenters. The molecule has 3 heteroatoms. The molecule has 3 nitrogen and oxygen atoms in total. The Balaban J connectivity index is 1.68. The first-order chi connectivity index (χ1) is 6.84. The third-order valence-electron chi connectivity index (χ3n) is 3.39. The number of ether oxygens (including phenoxy) is 1. The van der Waals surface area contributed by atoms with Crippen molar-refractivity contribution in [2.45, 2.75) is 56.8 Å². The summed E-state index contributed by atoms with van der Waals surface area (Å²) in [6.07, 6.45) is 8.01. The average molecular weight is 198 g/mol. The number of rotatable bonds is 2. The van der Waals surface area contributed by atoms with Crippen molar-refractivity contribution >= 4 is 0 Å². The maximum Gasteiger partial charge on any atom is 0.0603 e. The van der Waals surface area contributed by atoms with Gasteiger partial charge < -0.3 is 15.8 Å². The highest BCUT2D eigenvalue weighted by Gasteiger charge is 2.23. The number of hydrogen-bond donors (Lipinski definition) is 2. The van der Waals surface area contributed by atoms with Gasteiger partial charge in [-0.1, -0.05) is 0 Å². The van der Waals surface area contributed by atoms with Crippen LogP contribution in [0.3, 0.4) is 0 Å². The molecular formula is C11H22N2O. The minimum atomic E-state index is 0.433. The Morgan fingerprint density at radius 2 is 1.43 bits per heavy atom. The molecule has 1 heterocycles. The van der Waals surface area contributed by atoms with Gasteiger partial charge in [0.05, 0.1) is 12.2 Å². The van der Waals surface area contributed by atoms with E-state index in [0.29, 0.717) is 18.2 Å². The largest absolute Gasteiger partial charge is 0.375 e. The van der Waals surface area contributed by atoms with Gasteiger partial charge in [-0.3, -0.25) is 0 Å². The molecule has 0 radical (unpaired) electrons. The molecule has 82 valence electrons. The lowest BCUT2D eigenvalue weighted by atomic mass is 9.93. The minimum absolute atomic E-state index is 0.433. The van der Waals surface area contributed by atoms with Crippen molar-refractivity contribution < 1.29 is 4.74 Å². The molecule has 0 aromatic carbocycles. The van der Waals surface area contributed by atoms with Gasteiger partial charge in [0, 0.05) is 6.04 Å². The summed E-state index contributed by atoms with van der Waals surface area (Å²) in [5.41, 5.74) is 5.86. The molecule has 0 aromatic heterocycles. The molecule has 2 fully saturated rings. The van der Waals surface area contributed by atoms with E-state index in [4.69, 9.17) is 10.5 Å². The van der Waals surface area contributed by atoms with Gasteiger partial charge in [-0.15, -0.1) is 0 Å². The number of hydrogen-bond acceptors (Lipinski definition) is 3. The Bertz CT molecular complexity index is 161. The quantitative estimate of drug-likeness (QED) is 0.696. The van der Waals surface area contributed by atoms with Gasteiger partial charge in [-0.2, -0.15) is 0 Å². The molecule has 14 heavy (non-hydrogen) atoms. The van der Waals surface area contributed by atoms with E-state index in [-0.39, 0.29) is 0 Å². The third kappa shape index (κ3) is 2.94. The summed E-state index contributed by atoms with van der Waals surface area (Å²) in [4.78, 5) is 0.